The molecular weight excluding hydrogens is 284 g/mol. The molecular formula is C18H23ClO2. The van der Waals surface area contributed by atoms with Crippen LogP contribution in [0.1, 0.15) is 56.1 Å². The summed E-state index contributed by atoms with van der Waals surface area (Å²) in [7, 11) is 0. The van der Waals surface area contributed by atoms with Crippen LogP contribution in [0.4, 0.5) is 0 Å². The topological polar surface area (TPSA) is 26.3 Å². The fourth-order valence-electron chi connectivity index (χ4n) is 4.13. The van der Waals surface area contributed by atoms with Crippen molar-refractivity contribution in [2.24, 2.45) is 11.8 Å². The minimum atomic E-state index is -0.215. The number of rotatable bonds is 5. The average molecular weight is 307 g/mol. The largest absolute Gasteiger partial charge is 0.466 e. The summed E-state index contributed by atoms with van der Waals surface area (Å²) in [5.74, 6) is 2.37. The summed E-state index contributed by atoms with van der Waals surface area (Å²) in [4.78, 5) is 10.7. The second-order valence-electron chi connectivity index (χ2n) is 6.58. The van der Waals surface area contributed by atoms with Gasteiger partial charge in [-0.15, -0.1) is 0 Å². The van der Waals surface area contributed by atoms with Gasteiger partial charge < -0.3 is 4.74 Å². The molecule has 1 aromatic rings. The molecule has 2 bridgehead atoms. The van der Waals surface area contributed by atoms with Crippen LogP contribution in [0.3, 0.4) is 0 Å². The summed E-state index contributed by atoms with van der Waals surface area (Å²) < 4.78 is 4.96. The highest BCUT2D eigenvalue weighted by Crippen LogP contribution is 2.53. The van der Waals surface area contributed by atoms with E-state index in [1.807, 2.05) is 0 Å². The first-order valence-electron chi connectivity index (χ1n) is 8.05. The second-order valence-corrected chi connectivity index (χ2v) is 6.98. The highest BCUT2D eigenvalue weighted by Gasteiger charge is 2.40. The predicted molar refractivity (Wildman–Crippen MR) is 84.6 cm³/mol. The van der Waals surface area contributed by atoms with Gasteiger partial charge in [-0.25, -0.2) is 0 Å². The maximum atomic E-state index is 10.7. The van der Waals surface area contributed by atoms with Gasteiger partial charge in [0.2, 0.25) is 0 Å². The van der Waals surface area contributed by atoms with Crippen LogP contribution in [0, 0.1) is 11.8 Å². The Morgan fingerprint density at radius 2 is 2.19 bits per heavy atom. The Balaban J connectivity index is 1.59. The SMILES string of the molecule is CC(=O)OCCCc1ccc(C2CC3CCC2C3)cc1Cl. The molecule has 0 amide bonds. The second kappa shape index (κ2) is 6.39. The Kier molecular flexibility index (Phi) is 4.54. The number of hydrogen-bond acceptors (Lipinski definition) is 2. The average Bonchev–Trinajstić information content (AvgIpc) is 3.07. The zero-order valence-corrected chi connectivity index (χ0v) is 13.4. The number of aryl methyl sites for hydroxylation is 1. The molecule has 0 N–H and O–H groups in total. The molecule has 2 fully saturated rings. The zero-order valence-electron chi connectivity index (χ0n) is 12.6. The van der Waals surface area contributed by atoms with Gasteiger partial charge in [-0.05, 0) is 67.1 Å². The summed E-state index contributed by atoms with van der Waals surface area (Å²) >= 11 is 6.44. The van der Waals surface area contributed by atoms with E-state index in [9.17, 15) is 4.79 Å². The van der Waals surface area contributed by atoms with Crippen molar-refractivity contribution in [1.29, 1.82) is 0 Å². The van der Waals surface area contributed by atoms with E-state index < -0.39 is 0 Å². The minimum absolute atomic E-state index is 0.215. The maximum absolute atomic E-state index is 10.7. The van der Waals surface area contributed by atoms with Gasteiger partial charge in [0.25, 0.3) is 0 Å². The molecule has 3 atom stereocenters. The minimum Gasteiger partial charge on any atom is -0.466 e. The van der Waals surface area contributed by atoms with Gasteiger partial charge in [0.1, 0.15) is 0 Å². The monoisotopic (exact) mass is 306 g/mol. The van der Waals surface area contributed by atoms with E-state index in [2.05, 4.69) is 18.2 Å². The van der Waals surface area contributed by atoms with Crippen LogP contribution >= 0.6 is 11.6 Å². The normalized spacial score (nSPS) is 27.0. The van der Waals surface area contributed by atoms with E-state index in [0.29, 0.717) is 6.61 Å². The molecule has 1 aromatic carbocycles. The van der Waals surface area contributed by atoms with Crippen LogP contribution in [0.15, 0.2) is 18.2 Å². The van der Waals surface area contributed by atoms with E-state index in [-0.39, 0.29) is 5.97 Å². The molecule has 3 rings (SSSR count). The number of fused-ring (bicyclic) bond motifs is 2. The first-order valence-corrected chi connectivity index (χ1v) is 8.43. The smallest absolute Gasteiger partial charge is 0.302 e. The quantitative estimate of drug-likeness (QED) is 0.580. The van der Waals surface area contributed by atoms with Crippen molar-refractivity contribution in [3.05, 3.63) is 34.3 Å². The van der Waals surface area contributed by atoms with Crippen molar-refractivity contribution in [3.63, 3.8) is 0 Å². The molecule has 0 aliphatic heterocycles. The third-order valence-corrected chi connectivity index (χ3v) is 5.49. The lowest BCUT2D eigenvalue weighted by Crippen LogP contribution is -2.08. The fraction of sp³-hybridized carbons (Fsp3) is 0.611. The predicted octanol–water partition coefficient (Wildman–Crippen LogP) is 4.74. The number of benzene rings is 1. The van der Waals surface area contributed by atoms with Gasteiger partial charge in [0, 0.05) is 11.9 Å². The van der Waals surface area contributed by atoms with Crippen LogP contribution < -0.4 is 0 Å². The van der Waals surface area contributed by atoms with Gasteiger partial charge in [-0.1, -0.05) is 30.2 Å². The molecule has 0 spiro atoms. The van der Waals surface area contributed by atoms with Crippen LogP contribution in [0.5, 0.6) is 0 Å². The molecule has 2 aliphatic rings. The van der Waals surface area contributed by atoms with Gasteiger partial charge in [0.15, 0.2) is 0 Å². The molecule has 0 radical (unpaired) electrons. The van der Waals surface area contributed by atoms with Crippen molar-refractivity contribution in [1.82, 2.24) is 0 Å². The summed E-state index contributed by atoms with van der Waals surface area (Å²) in [6, 6.07) is 6.60. The lowest BCUT2D eigenvalue weighted by Gasteiger charge is -2.22. The van der Waals surface area contributed by atoms with Gasteiger partial charge in [-0.3, -0.25) is 4.79 Å². The van der Waals surface area contributed by atoms with Crippen LogP contribution in [-0.2, 0) is 16.0 Å². The van der Waals surface area contributed by atoms with Crippen molar-refractivity contribution in [2.75, 3.05) is 6.61 Å². The van der Waals surface area contributed by atoms with E-state index in [1.54, 1.807) is 0 Å². The lowest BCUT2D eigenvalue weighted by atomic mass is 9.83. The Bertz CT molecular complexity index is 526. The van der Waals surface area contributed by atoms with E-state index >= 15 is 0 Å². The first kappa shape index (κ1) is 14.9. The van der Waals surface area contributed by atoms with Crippen LogP contribution in [0.2, 0.25) is 5.02 Å². The molecule has 2 saturated carbocycles. The lowest BCUT2D eigenvalue weighted by molar-refractivity contribution is -0.141. The number of hydrogen-bond donors (Lipinski definition) is 0. The Hall–Kier alpha value is -1.02. The highest BCUT2D eigenvalue weighted by atomic mass is 35.5. The molecule has 0 saturated heterocycles. The molecule has 3 heteroatoms. The van der Waals surface area contributed by atoms with Crippen LogP contribution in [0.25, 0.3) is 0 Å². The van der Waals surface area contributed by atoms with E-state index in [4.69, 9.17) is 16.3 Å². The van der Waals surface area contributed by atoms with Gasteiger partial charge in [0.05, 0.1) is 6.61 Å². The summed E-state index contributed by atoms with van der Waals surface area (Å²) in [5.41, 5.74) is 2.59. The number of ether oxygens (including phenoxy) is 1. The van der Waals surface area contributed by atoms with E-state index in [1.165, 1.54) is 38.2 Å². The Morgan fingerprint density at radius 1 is 1.33 bits per heavy atom. The fourth-order valence-corrected chi connectivity index (χ4v) is 4.41. The van der Waals surface area contributed by atoms with Crippen LogP contribution in [-0.4, -0.2) is 12.6 Å². The molecule has 3 unspecified atom stereocenters. The third kappa shape index (κ3) is 3.42. The summed E-state index contributed by atoms with van der Waals surface area (Å²) in [6.45, 7) is 1.91. The van der Waals surface area contributed by atoms with Crippen molar-refractivity contribution < 1.29 is 9.53 Å². The van der Waals surface area contributed by atoms with Crippen molar-refractivity contribution in [2.45, 2.75) is 51.4 Å². The molecule has 2 nitrogen and oxygen atoms in total. The van der Waals surface area contributed by atoms with Crippen molar-refractivity contribution in [3.8, 4) is 0 Å². The van der Waals surface area contributed by atoms with Gasteiger partial charge >= 0.3 is 5.97 Å². The molecule has 0 heterocycles. The number of esters is 1. The zero-order chi connectivity index (χ0) is 14.8. The van der Waals surface area contributed by atoms with Gasteiger partial charge in [-0.2, -0.15) is 0 Å². The Labute approximate surface area is 131 Å². The number of carbonyl (C=O) groups excluding carboxylic acids is 1. The molecule has 0 aromatic heterocycles. The molecule has 21 heavy (non-hydrogen) atoms. The summed E-state index contributed by atoms with van der Waals surface area (Å²) in [6.07, 6.45) is 7.30. The molecule has 2 aliphatic carbocycles. The van der Waals surface area contributed by atoms with E-state index in [0.717, 1.165) is 41.2 Å². The number of halogens is 1. The first-order chi connectivity index (χ1) is 10.1. The molecule has 114 valence electrons. The third-order valence-electron chi connectivity index (χ3n) is 5.14. The van der Waals surface area contributed by atoms with Crippen molar-refractivity contribution >= 4 is 17.6 Å². The standard InChI is InChI=1S/C18H23ClO2/c1-12(20)21-8-2-3-14-6-7-16(11-18(14)19)17-10-13-4-5-15(17)9-13/h6-7,11,13,15,17H,2-5,8-10H2,1H3. The highest BCUT2D eigenvalue weighted by molar-refractivity contribution is 6.31. The maximum Gasteiger partial charge on any atom is 0.302 e. The number of carbonyl (C=O) groups is 1. The Morgan fingerprint density at radius 3 is 2.81 bits per heavy atom. The summed E-state index contributed by atoms with van der Waals surface area (Å²) in [5, 5.41) is 0.873.